The number of halogens is 1. The number of anilines is 2. The molecule has 30 heavy (non-hydrogen) atoms. The van der Waals surface area contributed by atoms with E-state index in [0.29, 0.717) is 23.2 Å². The van der Waals surface area contributed by atoms with Crippen LogP contribution in [0.5, 0.6) is 5.75 Å². The number of aromatic amines is 1. The van der Waals surface area contributed by atoms with Crippen molar-refractivity contribution < 1.29 is 9.53 Å². The van der Waals surface area contributed by atoms with Crippen LogP contribution in [-0.2, 0) is 6.61 Å². The summed E-state index contributed by atoms with van der Waals surface area (Å²) in [5.74, 6) is 1.08. The van der Waals surface area contributed by atoms with E-state index in [1.165, 1.54) is 0 Å². The highest BCUT2D eigenvalue weighted by Crippen LogP contribution is 2.27. The van der Waals surface area contributed by atoms with E-state index in [-0.39, 0.29) is 6.03 Å². The van der Waals surface area contributed by atoms with E-state index >= 15 is 0 Å². The Hall–Kier alpha value is -3.51. The highest BCUT2D eigenvalue weighted by molar-refractivity contribution is 6.31. The van der Waals surface area contributed by atoms with Crippen molar-refractivity contribution >= 4 is 40.0 Å². The summed E-state index contributed by atoms with van der Waals surface area (Å²) in [6.45, 7) is 4.31. The van der Waals surface area contributed by atoms with Gasteiger partial charge in [-0.3, -0.25) is 10.4 Å². The van der Waals surface area contributed by atoms with Gasteiger partial charge in [-0.15, -0.1) is 0 Å². The van der Waals surface area contributed by atoms with Gasteiger partial charge in [0.25, 0.3) is 0 Å². The number of amides is 2. The normalized spacial score (nSPS) is 10.8. The molecule has 7 heteroatoms. The lowest BCUT2D eigenvalue weighted by molar-refractivity contribution is 0.262. The number of hydrogen-bond donors (Lipinski definition) is 3. The van der Waals surface area contributed by atoms with Gasteiger partial charge in [0.15, 0.2) is 5.82 Å². The molecule has 1 heterocycles. The van der Waals surface area contributed by atoms with Gasteiger partial charge in [0.05, 0.1) is 5.52 Å². The number of nitrogens with one attached hydrogen (secondary N) is 3. The first-order valence-electron chi connectivity index (χ1n) is 9.49. The Bertz CT molecular complexity index is 1220. The van der Waals surface area contributed by atoms with Gasteiger partial charge in [-0.1, -0.05) is 47.5 Å². The second-order valence-electron chi connectivity index (χ2n) is 7.06. The number of carbonyl (C=O) groups is 1. The van der Waals surface area contributed by atoms with E-state index in [9.17, 15) is 4.79 Å². The summed E-state index contributed by atoms with van der Waals surface area (Å²) in [6.07, 6.45) is 0. The molecule has 0 fully saturated rings. The van der Waals surface area contributed by atoms with Crippen LogP contribution < -0.4 is 15.4 Å². The topological polar surface area (TPSA) is 79.0 Å². The number of nitrogens with zero attached hydrogens (tertiary/aromatic N) is 1. The van der Waals surface area contributed by atoms with Gasteiger partial charge in [0.2, 0.25) is 0 Å². The van der Waals surface area contributed by atoms with Crippen molar-refractivity contribution in [3.63, 3.8) is 0 Å². The van der Waals surface area contributed by atoms with Crippen molar-refractivity contribution in [2.24, 2.45) is 0 Å². The second-order valence-corrected chi connectivity index (χ2v) is 7.46. The predicted molar refractivity (Wildman–Crippen MR) is 120 cm³/mol. The molecule has 2 amide bonds. The zero-order valence-corrected chi connectivity index (χ0v) is 17.4. The van der Waals surface area contributed by atoms with Gasteiger partial charge in [-0.25, -0.2) is 4.79 Å². The molecule has 3 aromatic carbocycles. The largest absolute Gasteiger partial charge is 0.489 e. The highest BCUT2D eigenvalue weighted by Gasteiger charge is 2.12. The summed E-state index contributed by atoms with van der Waals surface area (Å²) in [6, 6.07) is 18.6. The molecule has 0 radical (unpaired) electrons. The highest BCUT2D eigenvalue weighted by atomic mass is 35.5. The Morgan fingerprint density at radius 3 is 2.70 bits per heavy atom. The number of fused-ring (bicyclic) bond motifs is 1. The molecule has 3 N–H and O–H groups in total. The number of carbonyl (C=O) groups excluding carboxylic acids is 1. The SMILES string of the molecule is Cc1ccc(NC(=O)Nc2n[nH]c3ccc(OCc4ccccc4Cl)cc23)c(C)c1. The van der Waals surface area contributed by atoms with Crippen molar-refractivity contribution in [2.75, 3.05) is 10.6 Å². The third-order valence-electron chi connectivity index (χ3n) is 4.75. The molecule has 0 aliphatic rings. The average Bonchev–Trinajstić information content (AvgIpc) is 3.11. The summed E-state index contributed by atoms with van der Waals surface area (Å²) in [5, 5.41) is 14.2. The Morgan fingerprint density at radius 2 is 1.90 bits per heavy atom. The van der Waals surface area contributed by atoms with Crippen LogP contribution in [0.3, 0.4) is 0 Å². The number of H-pyrrole nitrogens is 1. The van der Waals surface area contributed by atoms with E-state index in [1.54, 1.807) is 0 Å². The number of urea groups is 1. The lowest BCUT2D eigenvalue weighted by Gasteiger charge is -2.10. The molecule has 1 aromatic heterocycles. The molecule has 4 aromatic rings. The third-order valence-corrected chi connectivity index (χ3v) is 5.12. The first kappa shape index (κ1) is 19.8. The van der Waals surface area contributed by atoms with Crippen molar-refractivity contribution in [1.82, 2.24) is 10.2 Å². The van der Waals surface area contributed by atoms with Gasteiger partial charge < -0.3 is 10.1 Å². The summed E-state index contributed by atoms with van der Waals surface area (Å²) in [7, 11) is 0. The van der Waals surface area contributed by atoms with E-state index in [0.717, 1.165) is 33.3 Å². The van der Waals surface area contributed by atoms with Crippen molar-refractivity contribution in [1.29, 1.82) is 0 Å². The minimum Gasteiger partial charge on any atom is -0.489 e. The first-order chi connectivity index (χ1) is 14.5. The Kier molecular flexibility index (Phi) is 5.59. The zero-order chi connectivity index (χ0) is 21.1. The summed E-state index contributed by atoms with van der Waals surface area (Å²) < 4.78 is 5.88. The first-order valence-corrected chi connectivity index (χ1v) is 9.87. The number of aryl methyl sites for hydroxylation is 2. The number of ether oxygens (including phenoxy) is 1. The molecule has 0 aliphatic carbocycles. The smallest absolute Gasteiger partial charge is 0.324 e. The molecule has 4 rings (SSSR count). The molecule has 0 spiro atoms. The minimum atomic E-state index is -0.363. The fraction of sp³-hybridized carbons (Fsp3) is 0.130. The fourth-order valence-corrected chi connectivity index (χ4v) is 3.36. The predicted octanol–water partition coefficient (Wildman–Crippen LogP) is 6.06. The van der Waals surface area contributed by atoms with Crippen LogP contribution in [0.2, 0.25) is 5.02 Å². The second kappa shape index (κ2) is 8.47. The number of rotatable bonds is 5. The molecule has 152 valence electrons. The molecule has 0 saturated carbocycles. The van der Waals surface area contributed by atoms with Crippen LogP contribution in [-0.4, -0.2) is 16.2 Å². The Labute approximate surface area is 179 Å². The van der Waals surface area contributed by atoms with Crippen LogP contribution in [0.4, 0.5) is 16.3 Å². The van der Waals surface area contributed by atoms with E-state index in [1.807, 2.05) is 74.5 Å². The quantitative estimate of drug-likeness (QED) is 0.367. The lowest BCUT2D eigenvalue weighted by atomic mass is 10.1. The average molecular weight is 421 g/mol. The van der Waals surface area contributed by atoms with Crippen molar-refractivity contribution in [2.45, 2.75) is 20.5 Å². The van der Waals surface area contributed by atoms with Gasteiger partial charge >= 0.3 is 6.03 Å². The molecular weight excluding hydrogens is 400 g/mol. The molecule has 0 aliphatic heterocycles. The monoisotopic (exact) mass is 420 g/mol. The fourth-order valence-electron chi connectivity index (χ4n) is 3.17. The van der Waals surface area contributed by atoms with Crippen molar-refractivity contribution in [3.8, 4) is 5.75 Å². The van der Waals surface area contributed by atoms with E-state index in [2.05, 4.69) is 20.8 Å². The third kappa shape index (κ3) is 4.39. The van der Waals surface area contributed by atoms with Gasteiger partial charge in [-0.05, 0) is 49.7 Å². The van der Waals surface area contributed by atoms with Crippen molar-refractivity contribution in [3.05, 3.63) is 82.4 Å². The van der Waals surface area contributed by atoms with Gasteiger partial charge in [-0.2, -0.15) is 5.10 Å². The van der Waals surface area contributed by atoms with Crippen LogP contribution in [0, 0.1) is 13.8 Å². The van der Waals surface area contributed by atoms with Gasteiger partial charge in [0.1, 0.15) is 12.4 Å². The van der Waals surface area contributed by atoms with Crippen LogP contribution in [0.1, 0.15) is 16.7 Å². The molecule has 0 atom stereocenters. The van der Waals surface area contributed by atoms with Crippen LogP contribution in [0.25, 0.3) is 10.9 Å². The lowest BCUT2D eigenvalue weighted by Crippen LogP contribution is -2.20. The van der Waals surface area contributed by atoms with Gasteiger partial charge in [0, 0.05) is 21.7 Å². The van der Waals surface area contributed by atoms with Crippen LogP contribution >= 0.6 is 11.6 Å². The maximum Gasteiger partial charge on any atom is 0.324 e. The standard InChI is InChI=1S/C23H21ClN4O2/c1-14-7-9-20(15(2)11-14)25-23(29)26-22-18-12-17(8-10-21(18)27-28-22)30-13-16-5-3-4-6-19(16)24/h3-12H,13H2,1-2H3,(H3,25,26,27,28,29). The number of benzene rings is 3. The maximum absolute atomic E-state index is 12.5. The molecule has 0 unspecified atom stereocenters. The van der Waals surface area contributed by atoms with Crippen LogP contribution in [0.15, 0.2) is 60.7 Å². The minimum absolute atomic E-state index is 0.346. The molecule has 0 bridgehead atoms. The number of hydrogen-bond acceptors (Lipinski definition) is 3. The number of aromatic nitrogens is 2. The Morgan fingerprint density at radius 1 is 1.07 bits per heavy atom. The molecule has 6 nitrogen and oxygen atoms in total. The molecular formula is C23H21ClN4O2. The maximum atomic E-state index is 12.5. The zero-order valence-electron chi connectivity index (χ0n) is 16.6. The van der Waals surface area contributed by atoms with E-state index in [4.69, 9.17) is 16.3 Å². The summed E-state index contributed by atoms with van der Waals surface area (Å²) in [5.41, 5.74) is 4.58. The van der Waals surface area contributed by atoms with E-state index < -0.39 is 0 Å². The summed E-state index contributed by atoms with van der Waals surface area (Å²) >= 11 is 6.19. The molecule has 0 saturated heterocycles. The Balaban J connectivity index is 1.48. The summed E-state index contributed by atoms with van der Waals surface area (Å²) in [4.78, 5) is 12.5.